The Bertz CT molecular complexity index is 482. The van der Waals surface area contributed by atoms with E-state index in [-0.39, 0.29) is 5.91 Å². The standard InChI is InChI=1S/C12H16ClN3O2S/c1-7-6-9(13)4-5-10(7)18-8(2)11(17)15-16-12(19)14-3/h4-6,8H,1-3H3,(H,15,17)(H2,14,16,19)/t8-/m0/s1. The van der Waals surface area contributed by atoms with Gasteiger partial charge in [0.05, 0.1) is 0 Å². The first-order valence-corrected chi connectivity index (χ1v) is 6.43. The topological polar surface area (TPSA) is 62.4 Å². The van der Waals surface area contributed by atoms with Crippen LogP contribution in [0, 0.1) is 6.92 Å². The Kier molecular flexibility index (Phi) is 5.85. The average Bonchev–Trinajstić information content (AvgIpc) is 2.38. The van der Waals surface area contributed by atoms with Crippen molar-refractivity contribution >= 4 is 34.8 Å². The van der Waals surface area contributed by atoms with Crippen molar-refractivity contribution < 1.29 is 9.53 Å². The molecule has 1 amide bonds. The highest BCUT2D eigenvalue weighted by Crippen LogP contribution is 2.22. The summed E-state index contributed by atoms with van der Waals surface area (Å²) < 4.78 is 5.55. The summed E-state index contributed by atoms with van der Waals surface area (Å²) in [6, 6.07) is 5.21. The van der Waals surface area contributed by atoms with Gasteiger partial charge >= 0.3 is 0 Å². The maximum absolute atomic E-state index is 11.7. The second-order valence-electron chi connectivity index (χ2n) is 3.86. The number of ether oxygens (including phenoxy) is 1. The highest BCUT2D eigenvalue weighted by Gasteiger charge is 2.15. The highest BCUT2D eigenvalue weighted by molar-refractivity contribution is 7.80. The zero-order chi connectivity index (χ0) is 14.4. The lowest BCUT2D eigenvalue weighted by atomic mass is 10.2. The Hall–Kier alpha value is -1.53. The van der Waals surface area contributed by atoms with Crippen molar-refractivity contribution in [3.8, 4) is 5.75 Å². The highest BCUT2D eigenvalue weighted by atomic mass is 35.5. The lowest BCUT2D eigenvalue weighted by Crippen LogP contribution is -2.49. The molecule has 0 saturated carbocycles. The third kappa shape index (κ3) is 4.92. The van der Waals surface area contributed by atoms with Crippen LogP contribution >= 0.6 is 23.8 Å². The van der Waals surface area contributed by atoms with E-state index in [0.29, 0.717) is 15.9 Å². The van der Waals surface area contributed by atoms with E-state index < -0.39 is 6.10 Å². The zero-order valence-electron chi connectivity index (χ0n) is 10.9. The van der Waals surface area contributed by atoms with Crippen molar-refractivity contribution in [1.29, 1.82) is 0 Å². The van der Waals surface area contributed by atoms with Gasteiger partial charge in [-0.3, -0.25) is 15.6 Å². The molecule has 19 heavy (non-hydrogen) atoms. The molecule has 0 aliphatic carbocycles. The second kappa shape index (κ2) is 7.16. The largest absolute Gasteiger partial charge is 0.481 e. The molecule has 1 aromatic rings. The molecule has 0 bridgehead atoms. The number of hydrogen-bond acceptors (Lipinski definition) is 3. The number of carbonyl (C=O) groups excluding carboxylic acids is 1. The van der Waals surface area contributed by atoms with Gasteiger partial charge in [-0.05, 0) is 49.8 Å². The van der Waals surface area contributed by atoms with Gasteiger partial charge in [-0.15, -0.1) is 0 Å². The Balaban J connectivity index is 2.56. The number of halogens is 1. The van der Waals surface area contributed by atoms with Crippen molar-refractivity contribution in [2.24, 2.45) is 0 Å². The molecule has 0 aliphatic heterocycles. The fraction of sp³-hybridized carbons (Fsp3) is 0.333. The van der Waals surface area contributed by atoms with Gasteiger partial charge in [0, 0.05) is 12.1 Å². The third-order valence-corrected chi connectivity index (χ3v) is 2.88. The van der Waals surface area contributed by atoms with Crippen molar-refractivity contribution in [2.45, 2.75) is 20.0 Å². The number of amides is 1. The molecular weight excluding hydrogens is 286 g/mol. The van der Waals surface area contributed by atoms with Gasteiger partial charge in [-0.25, -0.2) is 0 Å². The molecule has 0 spiro atoms. The molecule has 0 aromatic heterocycles. The van der Waals surface area contributed by atoms with E-state index in [9.17, 15) is 4.79 Å². The van der Waals surface area contributed by atoms with E-state index in [2.05, 4.69) is 16.2 Å². The Morgan fingerprint density at radius 2 is 2.11 bits per heavy atom. The monoisotopic (exact) mass is 301 g/mol. The molecule has 0 saturated heterocycles. The van der Waals surface area contributed by atoms with Gasteiger partial charge in [-0.1, -0.05) is 11.6 Å². The number of thiocarbonyl (C=S) groups is 1. The zero-order valence-corrected chi connectivity index (χ0v) is 12.5. The molecule has 0 fully saturated rings. The number of hydrazine groups is 1. The van der Waals surface area contributed by atoms with E-state index in [0.717, 1.165) is 5.56 Å². The normalized spacial score (nSPS) is 11.4. The first kappa shape index (κ1) is 15.5. The first-order valence-electron chi connectivity index (χ1n) is 5.64. The number of benzene rings is 1. The van der Waals surface area contributed by atoms with Crippen LogP contribution in [0.3, 0.4) is 0 Å². The summed E-state index contributed by atoms with van der Waals surface area (Å²) >= 11 is 10.7. The van der Waals surface area contributed by atoms with Gasteiger partial charge in [0.2, 0.25) is 0 Å². The summed E-state index contributed by atoms with van der Waals surface area (Å²) in [5.74, 6) is 0.287. The van der Waals surface area contributed by atoms with Crippen LogP contribution in [-0.4, -0.2) is 24.2 Å². The van der Waals surface area contributed by atoms with Crippen LogP contribution in [0.1, 0.15) is 12.5 Å². The predicted octanol–water partition coefficient (Wildman–Crippen LogP) is 1.54. The number of aryl methyl sites for hydroxylation is 1. The Labute approximate surface area is 122 Å². The minimum atomic E-state index is -0.660. The molecule has 0 aliphatic rings. The molecule has 1 aromatic carbocycles. The molecule has 0 heterocycles. The number of rotatable bonds is 3. The molecule has 5 nitrogen and oxygen atoms in total. The van der Waals surface area contributed by atoms with E-state index >= 15 is 0 Å². The lowest BCUT2D eigenvalue weighted by molar-refractivity contribution is -0.127. The van der Waals surface area contributed by atoms with Crippen molar-refractivity contribution in [1.82, 2.24) is 16.2 Å². The maximum Gasteiger partial charge on any atom is 0.279 e. The number of hydrogen-bond donors (Lipinski definition) is 3. The minimum absolute atomic E-state index is 0.322. The SMILES string of the molecule is CNC(=S)NNC(=O)[C@H](C)Oc1ccc(Cl)cc1C. The summed E-state index contributed by atoms with van der Waals surface area (Å²) in [4.78, 5) is 11.7. The summed E-state index contributed by atoms with van der Waals surface area (Å²) in [7, 11) is 1.65. The molecular formula is C12H16ClN3O2S. The van der Waals surface area contributed by atoms with Crippen molar-refractivity contribution in [3.63, 3.8) is 0 Å². The van der Waals surface area contributed by atoms with E-state index in [1.54, 1.807) is 32.2 Å². The fourth-order valence-corrected chi connectivity index (χ4v) is 1.55. The van der Waals surface area contributed by atoms with Crippen molar-refractivity contribution in [3.05, 3.63) is 28.8 Å². The van der Waals surface area contributed by atoms with Gasteiger partial charge in [0.25, 0.3) is 5.91 Å². The van der Waals surface area contributed by atoms with Crippen LogP contribution in [0.15, 0.2) is 18.2 Å². The van der Waals surface area contributed by atoms with Crippen molar-refractivity contribution in [2.75, 3.05) is 7.05 Å². The third-order valence-electron chi connectivity index (χ3n) is 2.34. The molecule has 0 radical (unpaired) electrons. The average molecular weight is 302 g/mol. The van der Waals surface area contributed by atoms with Crippen LogP contribution < -0.4 is 20.9 Å². The minimum Gasteiger partial charge on any atom is -0.481 e. The Morgan fingerprint density at radius 3 is 2.68 bits per heavy atom. The second-order valence-corrected chi connectivity index (χ2v) is 4.71. The van der Waals surface area contributed by atoms with Gasteiger partial charge in [0.15, 0.2) is 11.2 Å². The number of nitrogens with one attached hydrogen (secondary N) is 3. The van der Waals surface area contributed by atoms with E-state index in [1.807, 2.05) is 6.92 Å². The fourth-order valence-electron chi connectivity index (χ4n) is 1.27. The smallest absolute Gasteiger partial charge is 0.279 e. The summed E-state index contributed by atoms with van der Waals surface area (Å²) in [6.45, 7) is 3.51. The predicted molar refractivity (Wildman–Crippen MR) is 79.2 cm³/mol. The molecule has 1 rings (SSSR count). The van der Waals surface area contributed by atoms with Gasteiger partial charge < -0.3 is 10.1 Å². The quantitative estimate of drug-likeness (QED) is 0.584. The molecule has 0 unspecified atom stereocenters. The Morgan fingerprint density at radius 1 is 1.42 bits per heavy atom. The van der Waals surface area contributed by atoms with E-state index in [1.165, 1.54) is 0 Å². The van der Waals surface area contributed by atoms with Crippen LogP contribution in [-0.2, 0) is 4.79 Å². The molecule has 3 N–H and O–H groups in total. The summed E-state index contributed by atoms with van der Waals surface area (Å²) in [6.07, 6.45) is -0.660. The maximum atomic E-state index is 11.7. The van der Waals surface area contributed by atoms with Gasteiger partial charge in [-0.2, -0.15) is 0 Å². The summed E-state index contributed by atoms with van der Waals surface area (Å²) in [5, 5.41) is 3.62. The lowest BCUT2D eigenvalue weighted by Gasteiger charge is -2.17. The van der Waals surface area contributed by atoms with Crippen LogP contribution in [0.5, 0.6) is 5.75 Å². The molecule has 104 valence electrons. The van der Waals surface area contributed by atoms with Crippen LogP contribution in [0.4, 0.5) is 0 Å². The van der Waals surface area contributed by atoms with Crippen LogP contribution in [0.2, 0.25) is 5.02 Å². The number of carbonyl (C=O) groups is 1. The summed E-state index contributed by atoms with van der Waals surface area (Å²) in [5.41, 5.74) is 5.85. The molecule has 1 atom stereocenters. The molecule has 7 heteroatoms. The first-order chi connectivity index (χ1) is 8.93. The van der Waals surface area contributed by atoms with E-state index in [4.69, 9.17) is 28.6 Å². The van der Waals surface area contributed by atoms with Gasteiger partial charge in [0.1, 0.15) is 5.75 Å². The van der Waals surface area contributed by atoms with Crippen LogP contribution in [0.25, 0.3) is 0 Å².